The van der Waals surface area contributed by atoms with Gasteiger partial charge in [0.15, 0.2) is 0 Å². The summed E-state index contributed by atoms with van der Waals surface area (Å²) in [4.78, 5) is 20.9. The number of benzene rings is 1. The molecule has 3 aromatic rings. The fourth-order valence-electron chi connectivity index (χ4n) is 2.53. The average Bonchev–Trinajstić information content (AvgIpc) is 3.12. The van der Waals surface area contributed by atoms with Gasteiger partial charge < -0.3 is 9.84 Å². The molecule has 1 unspecified atom stereocenters. The highest BCUT2D eigenvalue weighted by atomic mass is 35.5. The Labute approximate surface area is 156 Å². The van der Waals surface area contributed by atoms with Crippen LogP contribution in [0.3, 0.4) is 0 Å². The lowest BCUT2D eigenvalue weighted by molar-refractivity contribution is -0.121. The fourth-order valence-corrected chi connectivity index (χ4v) is 2.74. The van der Waals surface area contributed by atoms with E-state index in [1.165, 1.54) is 0 Å². The Bertz CT molecular complexity index is 880. The van der Waals surface area contributed by atoms with Gasteiger partial charge in [-0.05, 0) is 29.7 Å². The number of hydrogen-bond donors (Lipinski definition) is 1. The second-order valence-electron chi connectivity index (χ2n) is 6.25. The third-order valence-electron chi connectivity index (χ3n) is 3.94. The van der Waals surface area contributed by atoms with E-state index in [0.717, 1.165) is 11.1 Å². The number of aromatic nitrogens is 3. The predicted octanol–water partition coefficient (Wildman–Crippen LogP) is 3.84. The average molecular weight is 371 g/mol. The first-order chi connectivity index (χ1) is 12.5. The SMILES string of the molecule is CC(C)C(NC(=O)Cc1ccccc1Cl)c1nc(-c2ccncc2)no1. The van der Waals surface area contributed by atoms with E-state index in [-0.39, 0.29) is 24.3 Å². The van der Waals surface area contributed by atoms with Gasteiger partial charge in [0.2, 0.25) is 17.6 Å². The van der Waals surface area contributed by atoms with Crippen molar-refractivity contribution in [2.24, 2.45) is 5.92 Å². The Kier molecular flexibility index (Phi) is 5.63. The normalized spacial score (nSPS) is 12.2. The molecule has 6 nitrogen and oxygen atoms in total. The standard InChI is InChI=1S/C19H19ClN4O2/c1-12(2)17(22-16(25)11-14-5-3-4-6-15(14)20)19-23-18(24-26-19)13-7-9-21-10-8-13/h3-10,12,17H,11H2,1-2H3,(H,22,25). The topological polar surface area (TPSA) is 80.9 Å². The molecule has 134 valence electrons. The summed E-state index contributed by atoms with van der Waals surface area (Å²) in [5.41, 5.74) is 1.58. The van der Waals surface area contributed by atoms with Crippen LogP contribution in [0.5, 0.6) is 0 Å². The maximum Gasteiger partial charge on any atom is 0.249 e. The molecule has 1 atom stereocenters. The molecule has 0 aliphatic heterocycles. The van der Waals surface area contributed by atoms with E-state index < -0.39 is 0 Å². The van der Waals surface area contributed by atoms with Crippen molar-refractivity contribution < 1.29 is 9.32 Å². The van der Waals surface area contributed by atoms with Crippen molar-refractivity contribution in [2.45, 2.75) is 26.3 Å². The number of halogens is 1. The lowest BCUT2D eigenvalue weighted by atomic mass is 10.0. The predicted molar refractivity (Wildman–Crippen MR) is 98.4 cm³/mol. The van der Waals surface area contributed by atoms with Crippen LogP contribution in [0, 0.1) is 5.92 Å². The van der Waals surface area contributed by atoms with Crippen LogP contribution >= 0.6 is 11.6 Å². The largest absolute Gasteiger partial charge is 0.344 e. The van der Waals surface area contributed by atoms with Crippen molar-refractivity contribution >= 4 is 17.5 Å². The first-order valence-corrected chi connectivity index (χ1v) is 8.69. The minimum absolute atomic E-state index is 0.0796. The van der Waals surface area contributed by atoms with Crippen molar-refractivity contribution in [3.05, 3.63) is 65.3 Å². The van der Waals surface area contributed by atoms with Gasteiger partial charge in [-0.25, -0.2) is 0 Å². The maximum absolute atomic E-state index is 12.5. The second-order valence-corrected chi connectivity index (χ2v) is 6.66. The van der Waals surface area contributed by atoms with Gasteiger partial charge in [-0.2, -0.15) is 4.98 Å². The van der Waals surface area contributed by atoms with Gasteiger partial charge in [0.05, 0.1) is 6.42 Å². The van der Waals surface area contributed by atoms with E-state index in [1.54, 1.807) is 30.6 Å². The van der Waals surface area contributed by atoms with Crippen LogP contribution < -0.4 is 5.32 Å². The Morgan fingerprint density at radius 3 is 2.62 bits per heavy atom. The summed E-state index contributed by atoms with van der Waals surface area (Å²) in [5.74, 6) is 0.768. The third kappa shape index (κ3) is 4.26. The van der Waals surface area contributed by atoms with E-state index in [0.29, 0.717) is 16.7 Å². The number of pyridine rings is 1. The lowest BCUT2D eigenvalue weighted by Gasteiger charge is -2.18. The molecular formula is C19H19ClN4O2. The van der Waals surface area contributed by atoms with E-state index in [2.05, 4.69) is 20.4 Å². The van der Waals surface area contributed by atoms with E-state index in [4.69, 9.17) is 16.1 Å². The maximum atomic E-state index is 12.5. The molecule has 0 fully saturated rings. The summed E-state index contributed by atoms with van der Waals surface area (Å²) < 4.78 is 5.40. The molecule has 0 spiro atoms. The van der Waals surface area contributed by atoms with E-state index in [1.807, 2.05) is 32.0 Å². The molecule has 7 heteroatoms. The second kappa shape index (κ2) is 8.10. The van der Waals surface area contributed by atoms with Crippen LogP contribution in [-0.2, 0) is 11.2 Å². The molecule has 2 aromatic heterocycles. The van der Waals surface area contributed by atoms with Gasteiger partial charge in [-0.1, -0.05) is 48.8 Å². The number of nitrogens with zero attached hydrogens (tertiary/aromatic N) is 3. The monoisotopic (exact) mass is 370 g/mol. The molecular weight excluding hydrogens is 352 g/mol. The van der Waals surface area contributed by atoms with Gasteiger partial charge in [0.25, 0.3) is 0 Å². The number of carbonyl (C=O) groups excluding carboxylic acids is 1. The van der Waals surface area contributed by atoms with Gasteiger partial charge in [-0.15, -0.1) is 0 Å². The number of amides is 1. The quantitative estimate of drug-likeness (QED) is 0.712. The summed E-state index contributed by atoms with van der Waals surface area (Å²) in [6, 6.07) is 10.5. The Morgan fingerprint density at radius 1 is 1.19 bits per heavy atom. The van der Waals surface area contributed by atoms with Crippen molar-refractivity contribution in [3.8, 4) is 11.4 Å². The number of rotatable bonds is 6. The zero-order valence-corrected chi connectivity index (χ0v) is 15.3. The van der Waals surface area contributed by atoms with Crippen LogP contribution in [0.1, 0.15) is 31.3 Å². The van der Waals surface area contributed by atoms with Crippen LogP contribution in [0.4, 0.5) is 0 Å². The molecule has 26 heavy (non-hydrogen) atoms. The van der Waals surface area contributed by atoms with Crippen LogP contribution in [-0.4, -0.2) is 21.0 Å². The minimum atomic E-state index is -0.381. The van der Waals surface area contributed by atoms with Gasteiger partial charge in [0.1, 0.15) is 6.04 Å². The van der Waals surface area contributed by atoms with Gasteiger partial charge >= 0.3 is 0 Å². The fraction of sp³-hybridized carbons (Fsp3) is 0.263. The Balaban J connectivity index is 1.74. The van der Waals surface area contributed by atoms with Crippen LogP contribution in [0.15, 0.2) is 53.3 Å². The molecule has 1 N–H and O–H groups in total. The third-order valence-corrected chi connectivity index (χ3v) is 4.31. The molecule has 0 saturated carbocycles. The minimum Gasteiger partial charge on any atom is -0.344 e. The molecule has 1 aromatic carbocycles. The molecule has 1 amide bonds. The first-order valence-electron chi connectivity index (χ1n) is 8.31. The van der Waals surface area contributed by atoms with Gasteiger partial charge in [-0.3, -0.25) is 9.78 Å². The molecule has 0 radical (unpaired) electrons. The summed E-state index contributed by atoms with van der Waals surface area (Å²) >= 11 is 6.13. The van der Waals surface area contributed by atoms with E-state index >= 15 is 0 Å². The zero-order valence-electron chi connectivity index (χ0n) is 14.5. The molecule has 2 heterocycles. The molecule has 0 aliphatic rings. The van der Waals surface area contributed by atoms with E-state index in [9.17, 15) is 4.79 Å². The Hall–Kier alpha value is -2.73. The molecule has 0 aliphatic carbocycles. The summed E-state index contributed by atoms with van der Waals surface area (Å²) in [7, 11) is 0. The smallest absolute Gasteiger partial charge is 0.249 e. The summed E-state index contributed by atoms with van der Waals surface area (Å²) in [6.45, 7) is 3.97. The molecule has 0 bridgehead atoms. The highest BCUT2D eigenvalue weighted by Crippen LogP contribution is 2.24. The zero-order chi connectivity index (χ0) is 18.5. The summed E-state index contributed by atoms with van der Waals surface area (Å²) in [5, 5.41) is 7.55. The highest BCUT2D eigenvalue weighted by Gasteiger charge is 2.25. The number of carbonyl (C=O) groups is 1. The van der Waals surface area contributed by atoms with Crippen molar-refractivity contribution in [1.29, 1.82) is 0 Å². The number of nitrogens with one attached hydrogen (secondary N) is 1. The van der Waals surface area contributed by atoms with Crippen LogP contribution in [0.25, 0.3) is 11.4 Å². The first kappa shape index (κ1) is 18.1. The lowest BCUT2D eigenvalue weighted by Crippen LogP contribution is -2.33. The van der Waals surface area contributed by atoms with Crippen molar-refractivity contribution in [1.82, 2.24) is 20.4 Å². The van der Waals surface area contributed by atoms with Crippen molar-refractivity contribution in [2.75, 3.05) is 0 Å². The Morgan fingerprint density at radius 2 is 1.92 bits per heavy atom. The number of hydrogen-bond acceptors (Lipinski definition) is 5. The van der Waals surface area contributed by atoms with Gasteiger partial charge in [0, 0.05) is 23.0 Å². The molecule has 3 rings (SSSR count). The highest BCUT2D eigenvalue weighted by molar-refractivity contribution is 6.31. The summed E-state index contributed by atoms with van der Waals surface area (Å²) in [6.07, 6.45) is 3.52. The van der Waals surface area contributed by atoms with Crippen LogP contribution in [0.2, 0.25) is 5.02 Å². The molecule has 0 saturated heterocycles. The van der Waals surface area contributed by atoms with Crippen molar-refractivity contribution in [3.63, 3.8) is 0 Å².